The molecule has 134 valence electrons. The van der Waals surface area contributed by atoms with Gasteiger partial charge in [-0.3, -0.25) is 0 Å². The van der Waals surface area contributed by atoms with Crippen LogP contribution in [-0.2, 0) is 23.0 Å². The van der Waals surface area contributed by atoms with Crippen molar-refractivity contribution in [2.45, 2.75) is 62.7 Å². The second kappa shape index (κ2) is 6.72. The lowest BCUT2D eigenvalue weighted by Crippen LogP contribution is -2.42. The van der Waals surface area contributed by atoms with E-state index in [2.05, 4.69) is 20.1 Å². The van der Waals surface area contributed by atoms with Crippen molar-refractivity contribution in [3.05, 3.63) is 11.6 Å². The van der Waals surface area contributed by atoms with Crippen LogP contribution in [-0.4, -0.2) is 58.9 Å². The molecule has 1 aliphatic carbocycles. The monoisotopic (exact) mass is 353 g/mol. The number of aromatic nitrogens is 3. The summed E-state index contributed by atoms with van der Waals surface area (Å²) in [5.74, 6) is 2.46. The number of rotatable bonds is 3. The Hall–Kier alpha value is -0.990. The Morgan fingerprint density at radius 1 is 0.958 bits per heavy atom. The van der Waals surface area contributed by atoms with Crippen LogP contribution in [0.15, 0.2) is 0 Å². The molecule has 2 aliphatic heterocycles. The van der Waals surface area contributed by atoms with Crippen LogP contribution in [0.5, 0.6) is 0 Å². The molecule has 8 heteroatoms. The van der Waals surface area contributed by atoms with Crippen molar-refractivity contribution in [2.24, 2.45) is 0 Å². The van der Waals surface area contributed by atoms with Crippen molar-refractivity contribution in [1.29, 1.82) is 0 Å². The van der Waals surface area contributed by atoms with Crippen LogP contribution in [0.1, 0.15) is 56.1 Å². The molecule has 3 aliphatic rings. The molecule has 0 atom stereocenters. The third kappa shape index (κ3) is 2.99. The van der Waals surface area contributed by atoms with Crippen LogP contribution < -0.4 is 5.32 Å². The molecular weight excluding hydrogens is 326 g/mol. The van der Waals surface area contributed by atoms with Crippen molar-refractivity contribution in [1.82, 2.24) is 24.4 Å². The quantitative estimate of drug-likeness (QED) is 0.872. The van der Waals surface area contributed by atoms with Crippen LogP contribution in [0.2, 0.25) is 0 Å². The van der Waals surface area contributed by atoms with E-state index in [-0.39, 0.29) is 5.25 Å². The summed E-state index contributed by atoms with van der Waals surface area (Å²) in [5.41, 5.74) is 0. The van der Waals surface area contributed by atoms with Gasteiger partial charge in [0, 0.05) is 45.1 Å². The first-order valence-electron chi connectivity index (χ1n) is 9.28. The first kappa shape index (κ1) is 16.5. The Kier molecular flexibility index (Phi) is 4.62. The Morgan fingerprint density at radius 2 is 1.71 bits per heavy atom. The van der Waals surface area contributed by atoms with Gasteiger partial charge in [0.1, 0.15) is 11.6 Å². The van der Waals surface area contributed by atoms with E-state index < -0.39 is 10.0 Å². The minimum atomic E-state index is -3.10. The molecule has 3 heterocycles. The number of piperidine rings is 1. The van der Waals surface area contributed by atoms with Gasteiger partial charge in [-0.05, 0) is 25.7 Å². The van der Waals surface area contributed by atoms with E-state index in [1.54, 1.807) is 4.31 Å². The smallest absolute Gasteiger partial charge is 0.216 e. The SMILES string of the molecule is O=S(=O)(C1CCCC1)N1CCC(c2nnc3n2CCNCC3)CC1. The van der Waals surface area contributed by atoms with Gasteiger partial charge in [0.25, 0.3) is 0 Å². The molecule has 24 heavy (non-hydrogen) atoms. The lowest BCUT2D eigenvalue weighted by Gasteiger charge is -2.32. The standard InChI is InChI=1S/C16H27N5O2S/c22-24(23,14-3-1-2-4-14)20-10-6-13(7-11-20)16-19-18-15-5-8-17-9-12-21(15)16/h13-14,17H,1-12H2. The summed E-state index contributed by atoms with van der Waals surface area (Å²) < 4.78 is 29.5. The van der Waals surface area contributed by atoms with E-state index in [9.17, 15) is 8.42 Å². The minimum absolute atomic E-state index is 0.135. The molecule has 1 saturated heterocycles. The summed E-state index contributed by atoms with van der Waals surface area (Å²) in [6.45, 7) is 4.08. The van der Waals surface area contributed by atoms with Crippen molar-refractivity contribution < 1.29 is 8.42 Å². The number of hydrogen-bond acceptors (Lipinski definition) is 5. The van der Waals surface area contributed by atoms with Crippen molar-refractivity contribution >= 4 is 10.0 Å². The summed E-state index contributed by atoms with van der Waals surface area (Å²) in [5, 5.41) is 12.1. The van der Waals surface area contributed by atoms with Gasteiger partial charge in [-0.15, -0.1) is 10.2 Å². The molecule has 0 radical (unpaired) electrons. The molecule has 1 aromatic rings. The number of nitrogens with zero attached hydrogens (tertiary/aromatic N) is 4. The van der Waals surface area contributed by atoms with E-state index in [1.807, 2.05) is 0 Å². The Balaban J connectivity index is 1.44. The molecule has 1 saturated carbocycles. The van der Waals surface area contributed by atoms with Crippen LogP contribution >= 0.6 is 0 Å². The second-order valence-corrected chi connectivity index (χ2v) is 9.46. The topological polar surface area (TPSA) is 80.1 Å². The molecule has 4 rings (SSSR count). The van der Waals surface area contributed by atoms with Gasteiger partial charge < -0.3 is 9.88 Å². The summed E-state index contributed by atoms with van der Waals surface area (Å²) in [6.07, 6.45) is 6.43. The predicted octanol–water partition coefficient (Wildman–Crippen LogP) is 0.876. The average Bonchev–Trinajstić information content (AvgIpc) is 3.21. The summed E-state index contributed by atoms with van der Waals surface area (Å²) >= 11 is 0. The van der Waals surface area contributed by atoms with Crippen LogP contribution in [0.25, 0.3) is 0 Å². The number of hydrogen-bond donors (Lipinski definition) is 1. The maximum atomic E-state index is 12.7. The van der Waals surface area contributed by atoms with Crippen LogP contribution in [0.3, 0.4) is 0 Å². The maximum absolute atomic E-state index is 12.7. The van der Waals surface area contributed by atoms with E-state index >= 15 is 0 Å². The maximum Gasteiger partial charge on any atom is 0.216 e. The van der Waals surface area contributed by atoms with Gasteiger partial charge in [-0.2, -0.15) is 0 Å². The lowest BCUT2D eigenvalue weighted by atomic mass is 9.97. The number of nitrogens with one attached hydrogen (secondary N) is 1. The number of fused-ring (bicyclic) bond motifs is 1. The predicted molar refractivity (Wildman–Crippen MR) is 91.3 cm³/mol. The van der Waals surface area contributed by atoms with Gasteiger partial charge in [-0.25, -0.2) is 12.7 Å². The van der Waals surface area contributed by atoms with E-state index in [0.29, 0.717) is 19.0 Å². The zero-order valence-electron chi connectivity index (χ0n) is 14.2. The Labute approximate surface area is 143 Å². The highest BCUT2D eigenvalue weighted by Crippen LogP contribution is 2.33. The van der Waals surface area contributed by atoms with Crippen molar-refractivity contribution in [3.8, 4) is 0 Å². The fourth-order valence-electron chi connectivity index (χ4n) is 4.36. The highest BCUT2D eigenvalue weighted by molar-refractivity contribution is 7.89. The van der Waals surface area contributed by atoms with Crippen LogP contribution in [0.4, 0.5) is 0 Å². The third-order valence-electron chi connectivity index (χ3n) is 5.80. The summed E-state index contributed by atoms with van der Waals surface area (Å²) in [6, 6.07) is 0. The van der Waals surface area contributed by atoms with E-state index in [1.165, 1.54) is 0 Å². The fourth-order valence-corrected chi connectivity index (χ4v) is 6.43. The zero-order chi connectivity index (χ0) is 16.6. The van der Waals surface area contributed by atoms with Crippen molar-refractivity contribution in [3.63, 3.8) is 0 Å². The van der Waals surface area contributed by atoms with Gasteiger partial charge in [-0.1, -0.05) is 12.8 Å². The van der Waals surface area contributed by atoms with Gasteiger partial charge in [0.05, 0.1) is 5.25 Å². The molecule has 1 aromatic heterocycles. The zero-order valence-corrected chi connectivity index (χ0v) is 15.0. The normalized spacial score (nSPS) is 24.8. The van der Waals surface area contributed by atoms with E-state index in [4.69, 9.17) is 0 Å². The second-order valence-electron chi connectivity index (χ2n) is 7.25. The molecule has 1 N–H and O–H groups in total. The molecule has 0 aromatic carbocycles. The highest BCUT2D eigenvalue weighted by atomic mass is 32.2. The average molecular weight is 353 g/mol. The molecule has 2 fully saturated rings. The number of sulfonamides is 1. The van der Waals surface area contributed by atoms with Crippen molar-refractivity contribution in [2.75, 3.05) is 26.2 Å². The first-order valence-corrected chi connectivity index (χ1v) is 10.8. The largest absolute Gasteiger partial charge is 0.315 e. The molecule has 0 unspecified atom stereocenters. The summed E-state index contributed by atoms with van der Waals surface area (Å²) in [7, 11) is -3.10. The van der Waals surface area contributed by atoms with Gasteiger partial charge in [0.2, 0.25) is 10.0 Å². The molecule has 7 nitrogen and oxygen atoms in total. The van der Waals surface area contributed by atoms with Crippen LogP contribution in [0, 0.1) is 0 Å². The highest BCUT2D eigenvalue weighted by Gasteiger charge is 2.37. The molecular formula is C16H27N5O2S. The molecule has 0 bridgehead atoms. The Bertz CT molecular complexity index is 673. The van der Waals surface area contributed by atoms with Gasteiger partial charge in [0.15, 0.2) is 0 Å². The molecule has 0 spiro atoms. The minimum Gasteiger partial charge on any atom is -0.315 e. The Morgan fingerprint density at radius 3 is 2.46 bits per heavy atom. The first-order chi connectivity index (χ1) is 11.7. The summed E-state index contributed by atoms with van der Waals surface area (Å²) in [4.78, 5) is 0. The van der Waals surface area contributed by atoms with E-state index in [0.717, 1.165) is 76.2 Å². The lowest BCUT2D eigenvalue weighted by molar-refractivity contribution is 0.305. The van der Waals surface area contributed by atoms with Gasteiger partial charge >= 0.3 is 0 Å². The third-order valence-corrected chi connectivity index (χ3v) is 8.19. The fraction of sp³-hybridized carbons (Fsp3) is 0.875. The molecule has 0 amide bonds.